The van der Waals surface area contributed by atoms with Gasteiger partial charge in [-0.1, -0.05) is 48.5 Å². The number of carbonyl (C=O) groups is 2. The molecule has 0 N–H and O–H groups in total. The van der Waals surface area contributed by atoms with Crippen molar-refractivity contribution in [3.63, 3.8) is 0 Å². The molecule has 0 saturated carbocycles. The molecule has 1 heterocycles. The number of benzene rings is 2. The number of sulfonamides is 1. The monoisotopic (exact) mass is 444 g/mol. The van der Waals surface area contributed by atoms with Gasteiger partial charge in [0, 0.05) is 26.7 Å². The number of likely N-dealkylation sites (N-methyl/N-ethyl adjacent to an activating group) is 1. The van der Waals surface area contributed by atoms with Gasteiger partial charge >= 0.3 is 5.97 Å². The van der Waals surface area contributed by atoms with Crippen LogP contribution in [0.15, 0.2) is 65.6 Å². The average Bonchev–Trinajstić information content (AvgIpc) is 2.79. The van der Waals surface area contributed by atoms with E-state index in [0.29, 0.717) is 19.4 Å². The van der Waals surface area contributed by atoms with Gasteiger partial charge in [-0.2, -0.15) is 4.31 Å². The smallest absolute Gasteiger partial charge is 0.309 e. The molecule has 8 heteroatoms. The Balaban J connectivity index is 1.51. The highest BCUT2D eigenvalue weighted by Gasteiger charge is 2.34. The van der Waals surface area contributed by atoms with Crippen LogP contribution in [0.3, 0.4) is 0 Å². The summed E-state index contributed by atoms with van der Waals surface area (Å²) >= 11 is 0. The van der Waals surface area contributed by atoms with E-state index in [4.69, 9.17) is 4.74 Å². The average molecular weight is 445 g/mol. The topological polar surface area (TPSA) is 84.0 Å². The third-order valence-corrected chi connectivity index (χ3v) is 7.36. The standard InChI is InChI=1S/C23H28N2O5S/c1-18(22(26)24(2)17-19-9-5-3-6-10-19)30-23(27)20-13-15-25(16-14-20)31(28,29)21-11-7-4-8-12-21/h3-12,18,20H,13-17H2,1-2H3. The van der Waals surface area contributed by atoms with Crippen LogP contribution in [0.25, 0.3) is 0 Å². The van der Waals surface area contributed by atoms with Crippen LogP contribution in [0.4, 0.5) is 0 Å². The second-order valence-electron chi connectivity index (χ2n) is 7.75. The molecule has 1 aliphatic rings. The van der Waals surface area contributed by atoms with Crippen molar-refractivity contribution in [2.45, 2.75) is 37.3 Å². The number of rotatable bonds is 7. The Bertz CT molecular complexity index is 987. The molecule has 1 amide bonds. The van der Waals surface area contributed by atoms with Gasteiger partial charge in [-0.3, -0.25) is 9.59 Å². The van der Waals surface area contributed by atoms with Gasteiger partial charge in [0.05, 0.1) is 10.8 Å². The van der Waals surface area contributed by atoms with Crippen molar-refractivity contribution in [1.82, 2.24) is 9.21 Å². The molecule has 3 rings (SSSR count). The minimum absolute atomic E-state index is 0.243. The number of piperidine rings is 1. The highest BCUT2D eigenvalue weighted by atomic mass is 32.2. The lowest BCUT2D eigenvalue weighted by Gasteiger charge is -2.31. The van der Waals surface area contributed by atoms with E-state index in [1.54, 1.807) is 44.3 Å². The van der Waals surface area contributed by atoms with Crippen molar-refractivity contribution < 1.29 is 22.7 Å². The zero-order valence-electron chi connectivity index (χ0n) is 17.8. The molecule has 1 aliphatic heterocycles. The first-order valence-corrected chi connectivity index (χ1v) is 11.8. The minimum Gasteiger partial charge on any atom is -0.452 e. The van der Waals surface area contributed by atoms with Crippen LogP contribution >= 0.6 is 0 Å². The molecule has 1 atom stereocenters. The molecule has 1 fully saturated rings. The van der Waals surface area contributed by atoms with Crippen LogP contribution in [-0.2, 0) is 30.9 Å². The molecular formula is C23H28N2O5S. The van der Waals surface area contributed by atoms with Crippen molar-refractivity contribution in [3.8, 4) is 0 Å². The number of hydrogen-bond acceptors (Lipinski definition) is 5. The Morgan fingerprint density at radius 3 is 2.16 bits per heavy atom. The van der Waals surface area contributed by atoms with Gasteiger partial charge in [0.15, 0.2) is 6.10 Å². The van der Waals surface area contributed by atoms with Gasteiger partial charge < -0.3 is 9.64 Å². The van der Waals surface area contributed by atoms with Gasteiger partial charge in [-0.25, -0.2) is 8.42 Å². The van der Waals surface area contributed by atoms with Crippen LogP contribution in [0.5, 0.6) is 0 Å². The van der Waals surface area contributed by atoms with Crippen molar-refractivity contribution in [2.24, 2.45) is 5.92 Å². The molecule has 1 saturated heterocycles. The van der Waals surface area contributed by atoms with E-state index in [9.17, 15) is 18.0 Å². The van der Waals surface area contributed by atoms with E-state index in [1.807, 2.05) is 30.3 Å². The molecule has 0 aromatic heterocycles. The fourth-order valence-electron chi connectivity index (χ4n) is 3.64. The Hall–Kier alpha value is -2.71. The van der Waals surface area contributed by atoms with Crippen molar-refractivity contribution in [3.05, 3.63) is 66.2 Å². The summed E-state index contributed by atoms with van der Waals surface area (Å²) in [7, 11) is -1.90. The van der Waals surface area contributed by atoms with E-state index in [0.717, 1.165) is 5.56 Å². The number of hydrogen-bond donors (Lipinski definition) is 0. The molecule has 2 aromatic rings. The van der Waals surface area contributed by atoms with Crippen molar-refractivity contribution in [2.75, 3.05) is 20.1 Å². The maximum absolute atomic E-state index is 12.7. The summed E-state index contributed by atoms with van der Waals surface area (Å²) in [5, 5.41) is 0. The second-order valence-corrected chi connectivity index (χ2v) is 9.69. The van der Waals surface area contributed by atoms with Gasteiger partial charge in [0.25, 0.3) is 5.91 Å². The molecule has 2 aromatic carbocycles. The normalized spacial score (nSPS) is 16.5. The molecule has 0 spiro atoms. The number of esters is 1. The summed E-state index contributed by atoms with van der Waals surface area (Å²) < 4.78 is 32.2. The van der Waals surface area contributed by atoms with Gasteiger partial charge in [-0.15, -0.1) is 0 Å². The highest BCUT2D eigenvalue weighted by molar-refractivity contribution is 7.89. The third kappa shape index (κ3) is 5.71. The molecule has 7 nitrogen and oxygen atoms in total. The fraction of sp³-hybridized carbons (Fsp3) is 0.391. The van der Waals surface area contributed by atoms with Crippen LogP contribution in [0.2, 0.25) is 0 Å². The summed E-state index contributed by atoms with van der Waals surface area (Å²) in [6.07, 6.45) is -0.163. The molecule has 0 bridgehead atoms. The zero-order valence-corrected chi connectivity index (χ0v) is 18.6. The number of ether oxygens (including phenoxy) is 1. The molecule has 166 valence electrons. The van der Waals surface area contributed by atoms with Crippen LogP contribution in [0.1, 0.15) is 25.3 Å². The van der Waals surface area contributed by atoms with Crippen LogP contribution in [0, 0.1) is 5.92 Å². The predicted molar refractivity (Wildman–Crippen MR) is 116 cm³/mol. The van der Waals surface area contributed by atoms with Gasteiger partial charge in [0.2, 0.25) is 10.0 Å². The molecule has 0 radical (unpaired) electrons. The Kier molecular flexibility index (Phi) is 7.46. The summed E-state index contributed by atoms with van der Waals surface area (Å²) in [5.41, 5.74) is 0.990. The first kappa shape index (κ1) is 23.0. The van der Waals surface area contributed by atoms with Gasteiger partial charge in [0.1, 0.15) is 0 Å². The van der Waals surface area contributed by atoms with Crippen LogP contribution in [-0.4, -0.2) is 55.7 Å². The van der Waals surface area contributed by atoms with E-state index < -0.39 is 28.0 Å². The lowest BCUT2D eigenvalue weighted by molar-refractivity contribution is -0.163. The second kappa shape index (κ2) is 10.1. The van der Waals surface area contributed by atoms with E-state index in [-0.39, 0.29) is 23.9 Å². The summed E-state index contributed by atoms with van der Waals surface area (Å²) in [6.45, 7) is 2.48. The quantitative estimate of drug-likeness (QED) is 0.613. The first-order chi connectivity index (χ1) is 14.8. The predicted octanol–water partition coefficient (Wildman–Crippen LogP) is 2.68. The zero-order chi connectivity index (χ0) is 22.4. The maximum Gasteiger partial charge on any atom is 0.309 e. The lowest BCUT2D eigenvalue weighted by atomic mass is 9.98. The van der Waals surface area contributed by atoms with E-state index in [1.165, 1.54) is 9.21 Å². The Morgan fingerprint density at radius 1 is 1.03 bits per heavy atom. The van der Waals surface area contributed by atoms with Crippen molar-refractivity contribution in [1.29, 1.82) is 0 Å². The summed E-state index contributed by atoms with van der Waals surface area (Å²) in [6, 6.07) is 17.8. The molecule has 1 unspecified atom stereocenters. The Morgan fingerprint density at radius 2 is 1.58 bits per heavy atom. The maximum atomic E-state index is 12.7. The number of carbonyl (C=O) groups excluding carboxylic acids is 2. The first-order valence-electron chi connectivity index (χ1n) is 10.3. The lowest BCUT2D eigenvalue weighted by Crippen LogP contribution is -2.42. The minimum atomic E-state index is -3.57. The van der Waals surface area contributed by atoms with Gasteiger partial charge in [-0.05, 0) is 37.5 Å². The number of nitrogens with zero attached hydrogens (tertiary/aromatic N) is 2. The fourth-order valence-corrected chi connectivity index (χ4v) is 5.13. The van der Waals surface area contributed by atoms with E-state index >= 15 is 0 Å². The third-order valence-electron chi connectivity index (χ3n) is 5.45. The summed E-state index contributed by atoms with van der Waals surface area (Å²) in [4.78, 5) is 26.9. The molecule has 0 aliphatic carbocycles. The van der Waals surface area contributed by atoms with Crippen LogP contribution < -0.4 is 0 Å². The largest absolute Gasteiger partial charge is 0.452 e. The highest BCUT2D eigenvalue weighted by Crippen LogP contribution is 2.25. The SMILES string of the molecule is CC(OC(=O)C1CCN(S(=O)(=O)c2ccccc2)CC1)C(=O)N(C)Cc1ccccc1. The summed E-state index contributed by atoms with van der Waals surface area (Å²) in [5.74, 6) is -1.15. The van der Waals surface area contributed by atoms with E-state index in [2.05, 4.69) is 0 Å². The molecular weight excluding hydrogens is 416 g/mol. The number of amides is 1. The Labute approximate surface area is 183 Å². The molecule has 31 heavy (non-hydrogen) atoms. The van der Waals surface area contributed by atoms with Crippen molar-refractivity contribution >= 4 is 21.9 Å².